The Balaban J connectivity index is 0.00000180. The number of likely N-dealkylation sites (N-methyl/N-ethyl adjacent to an activating group) is 1. The number of hydrogen-bond acceptors (Lipinski definition) is 4. The Morgan fingerprint density at radius 3 is 2.79 bits per heavy atom. The topological polar surface area (TPSA) is 28.2 Å². The molecule has 1 atom stereocenters. The zero-order chi connectivity index (χ0) is 13.2. The van der Waals surface area contributed by atoms with Crippen LogP contribution in [0.25, 0.3) is 0 Å². The van der Waals surface area contributed by atoms with Crippen LogP contribution in [-0.2, 0) is 12.0 Å². The number of thiazole rings is 1. The molecule has 0 aromatic carbocycles. The largest absolute Gasteiger partial charge is 0.316 e. The molecule has 1 aliphatic heterocycles. The second-order valence-electron chi connectivity index (χ2n) is 6.26. The van der Waals surface area contributed by atoms with Gasteiger partial charge in [0, 0.05) is 29.9 Å². The second-order valence-corrected chi connectivity index (χ2v) is 7.12. The van der Waals surface area contributed by atoms with Crippen molar-refractivity contribution in [2.75, 3.05) is 20.1 Å². The first kappa shape index (κ1) is 16.9. The van der Waals surface area contributed by atoms with Crippen molar-refractivity contribution in [3.05, 3.63) is 16.1 Å². The van der Waals surface area contributed by atoms with E-state index in [9.17, 15) is 0 Å². The van der Waals surface area contributed by atoms with E-state index in [1.54, 1.807) is 11.3 Å². The smallest absolute Gasteiger partial charge is 0.0982 e. The third kappa shape index (κ3) is 4.71. The summed E-state index contributed by atoms with van der Waals surface area (Å²) < 4.78 is 0. The number of rotatable bonds is 3. The number of nitrogens with zero attached hydrogens (tertiary/aromatic N) is 2. The predicted molar refractivity (Wildman–Crippen MR) is 85.4 cm³/mol. The first-order chi connectivity index (χ1) is 8.49. The lowest BCUT2D eigenvalue weighted by molar-refractivity contribution is 0.186. The normalized spacial score (nSPS) is 21.2. The van der Waals surface area contributed by atoms with Crippen molar-refractivity contribution < 1.29 is 0 Å². The summed E-state index contributed by atoms with van der Waals surface area (Å²) >= 11 is 1.80. The molecule has 2 heterocycles. The van der Waals surface area contributed by atoms with Gasteiger partial charge >= 0.3 is 0 Å². The number of halogens is 1. The highest BCUT2D eigenvalue weighted by atomic mass is 35.5. The van der Waals surface area contributed by atoms with Crippen molar-refractivity contribution in [2.45, 2.75) is 51.6 Å². The van der Waals surface area contributed by atoms with Gasteiger partial charge in [-0.2, -0.15) is 0 Å². The van der Waals surface area contributed by atoms with Crippen LogP contribution in [0.4, 0.5) is 0 Å². The molecule has 110 valence electrons. The zero-order valence-corrected chi connectivity index (χ0v) is 14.0. The molecular formula is C14H26ClN3S. The Morgan fingerprint density at radius 2 is 2.21 bits per heavy atom. The summed E-state index contributed by atoms with van der Waals surface area (Å²) in [5.74, 6) is 0. The Labute approximate surface area is 127 Å². The van der Waals surface area contributed by atoms with E-state index in [1.165, 1.54) is 30.1 Å². The number of hydrogen-bond donors (Lipinski definition) is 1. The molecule has 2 rings (SSSR count). The minimum absolute atomic E-state index is 0. The van der Waals surface area contributed by atoms with Crippen molar-refractivity contribution in [1.82, 2.24) is 15.2 Å². The van der Waals surface area contributed by atoms with Gasteiger partial charge in [-0.3, -0.25) is 4.90 Å². The van der Waals surface area contributed by atoms with Gasteiger partial charge in [-0.1, -0.05) is 20.8 Å². The lowest BCUT2D eigenvalue weighted by Crippen LogP contribution is -2.43. The quantitative estimate of drug-likeness (QED) is 0.930. The first-order valence-corrected chi connectivity index (χ1v) is 7.71. The Bertz CT molecular complexity index is 386. The Hall–Kier alpha value is -0.160. The molecule has 3 nitrogen and oxygen atoms in total. The van der Waals surface area contributed by atoms with Crippen LogP contribution in [0.3, 0.4) is 0 Å². The molecule has 1 N–H and O–H groups in total. The lowest BCUT2D eigenvalue weighted by atomic mass is 9.98. The fraction of sp³-hybridized carbons (Fsp3) is 0.786. The highest BCUT2D eigenvalue weighted by Gasteiger charge is 2.21. The fourth-order valence-corrected chi connectivity index (χ4v) is 3.29. The second kappa shape index (κ2) is 7.02. The van der Waals surface area contributed by atoms with Gasteiger partial charge in [-0.05, 0) is 26.4 Å². The highest BCUT2D eigenvalue weighted by Crippen LogP contribution is 2.26. The summed E-state index contributed by atoms with van der Waals surface area (Å²) in [5, 5.41) is 6.87. The van der Waals surface area contributed by atoms with Crippen molar-refractivity contribution in [3.8, 4) is 0 Å². The van der Waals surface area contributed by atoms with Gasteiger partial charge in [0.2, 0.25) is 0 Å². The minimum atomic E-state index is 0. The van der Waals surface area contributed by atoms with Gasteiger partial charge in [0.15, 0.2) is 0 Å². The minimum Gasteiger partial charge on any atom is -0.316 e. The van der Waals surface area contributed by atoms with Crippen LogP contribution in [0.2, 0.25) is 0 Å². The maximum absolute atomic E-state index is 4.78. The van der Waals surface area contributed by atoms with Crippen LogP contribution in [-0.4, -0.2) is 36.1 Å². The van der Waals surface area contributed by atoms with E-state index >= 15 is 0 Å². The number of aromatic nitrogens is 1. The van der Waals surface area contributed by atoms with Crippen LogP contribution < -0.4 is 5.32 Å². The molecule has 0 amide bonds. The van der Waals surface area contributed by atoms with E-state index in [2.05, 4.69) is 43.4 Å². The molecule has 19 heavy (non-hydrogen) atoms. The molecule has 1 aliphatic rings. The Kier molecular flexibility index (Phi) is 6.24. The maximum atomic E-state index is 4.78. The van der Waals surface area contributed by atoms with Gasteiger partial charge in [0.05, 0.1) is 10.7 Å². The van der Waals surface area contributed by atoms with Crippen molar-refractivity contribution in [3.63, 3.8) is 0 Å². The molecule has 1 aromatic heterocycles. The van der Waals surface area contributed by atoms with Crippen molar-refractivity contribution in [2.24, 2.45) is 0 Å². The molecule has 0 spiro atoms. The fourth-order valence-electron chi connectivity index (χ4n) is 2.39. The summed E-state index contributed by atoms with van der Waals surface area (Å²) in [6.45, 7) is 10.1. The van der Waals surface area contributed by atoms with Crippen LogP contribution in [0, 0.1) is 0 Å². The van der Waals surface area contributed by atoms with Gasteiger partial charge in [-0.25, -0.2) is 4.98 Å². The summed E-state index contributed by atoms with van der Waals surface area (Å²) in [5.41, 5.74) is 1.42. The van der Waals surface area contributed by atoms with Crippen LogP contribution >= 0.6 is 23.7 Å². The van der Waals surface area contributed by atoms with Gasteiger partial charge in [-0.15, -0.1) is 23.7 Å². The number of likely N-dealkylation sites (tertiary alicyclic amines) is 1. The average Bonchev–Trinajstić information content (AvgIpc) is 2.77. The third-order valence-electron chi connectivity index (χ3n) is 3.49. The van der Waals surface area contributed by atoms with E-state index in [-0.39, 0.29) is 17.8 Å². The molecule has 1 saturated heterocycles. The van der Waals surface area contributed by atoms with Gasteiger partial charge < -0.3 is 5.32 Å². The standard InChI is InChI=1S/C14H25N3S.ClH/c1-14(2,3)13-16-12(10-18-13)9-17-7-5-6-11(8-17)15-4;/h10-11,15H,5-9H2,1-4H3;1H. The molecule has 0 aliphatic carbocycles. The Morgan fingerprint density at radius 1 is 1.47 bits per heavy atom. The summed E-state index contributed by atoms with van der Waals surface area (Å²) in [4.78, 5) is 7.30. The van der Waals surface area contributed by atoms with E-state index in [1.807, 2.05) is 0 Å². The lowest BCUT2D eigenvalue weighted by Gasteiger charge is -2.31. The third-order valence-corrected chi connectivity index (χ3v) is 4.81. The molecule has 1 aromatic rings. The van der Waals surface area contributed by atoms with Crippen LogP contribution in [0.15, 0.2) is 5.38 Å². The van der Waals surface area contributed by atoms with E-state index < -0.39 is 0 Å². The molecule has 5 heteroatoms. The molecule has 0 bridgehead atoms. The zero-order valence-electron chi connectivity index (χ0n) is 12.4. The van der Waals surface area contributed by atoms with E-state index in [0.29, 0.717) is 6.04 Å². The monoisotopic (exact) mass is 303 g/mol. The SMILES string of the molecule is CNC1CCCN(Cc2csc(C(C)(C)C)n2)C1.Cl. The van der Waals surface area contributed by atoms with Gasteiger partial charge in [0.1, 0.15) is 0 Å². The molecule has 0 radical (unpaired) electrons. The summed E-state index contributed by atoms with van der Waals surface area (Å²) in [6.07, 6.45) is 2.60. The highest BCUT2D eigenvalue weighted by molar-refractivity contribution is 7.09. The molecule has 1 fully saturated rings. The van der Waals surface area contributed by atoms with Crippen molar-refractivity contribution >= 4 is 23.7 Å². The molecule has 0 saturated carbocycles. The number of piperidine rings is 1. The van der Waals surface area contributed by atoms with Crippen LogP contribution in [0.5, 0.6) is 0 Å². The average molecular weight is 304 g/mol. The van der Waals surface area contributed by atoms with Crippen molar-refractivity contribution in [1.29, 1.82) is 0 Å². The summed E-state index contributed by atoms with van der Waals surface area (Å²) in [6, 6.07) is 0.652. The van der Waals surface area contributed by atoms with Gasteiger partial charge in [0.25, 0.3) is 0 Å². The number of nitrogens with one attached hydrogen (secondary N) is 1. The van der Waals surface area contributed by atoms with E-state index in [4.69, 9.17) is 4.98 Å². The van der Waals surface area contributed by atoms with Crippen LogP contribution in [0.1, 0.15) is 44.3 Å². The van der Waals surface area contributed by atoms with E-state index in [0.717, 1.165) is 13.1 Å². The summed E-state index contributed by atoms with van der Waals surface area (Å²) in [7, 11) is 2.06. The first-order valence-electron chi connectivity index (χ1n) is 6.83. The predicted octanol–water partition coefficient (Wildman–Crippen LogP) is 3.05. The maximum Gasteiger partial charge on any atom is 0.0982 e. The molecular weight excluding hydrogens is 278 g/mol. The molecule has 1 unspecified atom stereocenters.